The fourth-order valence-electron chi connectivity index (χ4n) is 3.92. The lowest BCUT2D eigenvalue weighted by Gasteiger charge is -2.38. The maximum Gasteiger partial charge on any atom is 0.262 e. The molecule has 0 aliphatic carbocycles. The van der Waals surface area contributed by atoms with Gasteiger partial charge in [0.15, 0.2) is 0 Å². The maximum atomic E-state index is 13.3. The number of fused-ring (bicyclic) bond motifs is 1. The van der Waals surface area contributed by atoms with E-state index in [1.54, 1.807) is 43.0 Å². The lowest BCUT2D eigenvalue weighted by Crippen LogP contribution is -2.57. The van der Waals surface area contributed by atoms with Gasteiger partial charge in [-0.3, -0.25) is 19.3 Å². The van der Waals surface area contributed by atoms with E-state index in [1.807, 2.05) is 0 Å². The number of imide groups is 1. The van der Waals surface area contributed by atoms with Gasteiger partial charge in [0.05, 0.1) is 17.4 Å². The second kappa shape index (κ2) is 7.63. The van der Waals surface area contributed by atoms with Gasteiger partial charge in [0, 0.05) is 19.1 Å². The highest BCUT2D eigenvalue weighted by molar-refractivity contribution is 7.88. The van der Waals surface area contributed by atoms with Gasteiger partial charge in [-0.25, -0.2) is 13.1 Å². The fourth-order valence-corrected chi connectivity index (χ4v) is 4.72. The standard InChI is InChI=1S/C19H25N3O5S/c1-12(2)16(22-17(23)14-8-4-5-9-15(14)18(22)24)19(25)21-10-6-7-13(11-21)20-28(3,26)27/h4-5,8-9,12-13,16,20H,6-7,10-11H2,1-3H3. The molecular weight excluding hydrogens is 382 g/mol. The lowest BCUT2D eigenvalue weighted by molar-refractivity contribution is -0.138. The molecule has 0 aromatic heterocycles. The number of carbonyl (C=O) groups is 3. The highest BCUT2D eigenvalue weighted by Crippen LogP contribution is 2.28. The summed E-state index contributed by atoms with van der Waals surface area (Å²) in [6.45, 7) is 4.27. The Morgan fingerprint density at radius 1 is 1.14 bits per heavy atom. The Bertz CT molecular complexity index is 877. The first kappa shape index (κ1) is 20.5. The molecule has 1 fully saturated rings. The largest absolute Gasteiger partial charge is 0.339 e. The molecule has 9 heteroatoms. The predicted octanol–water partition coefficient (Wildman–Crippen LogP) is 0.847. The number of hydrogen-bond donors (Lipinski definition) is 1. The molecule has 3 amide bonds. The molecule has 2 aliphatic heterocycles. The first-order valence-electron chi connectivity index (χ1n) is 9.33. The second-order valence-electron chi connectivity index (χ2n) is 7.73. The van der Waals surface area contributed by atoms with Crippen LogP contribution in [-0.2, 0) is 14.8 Å². The van der Waals surface area contributed by atoms with Gasteiger partial charge in [-0.1, -0.05) is 26.0 Å². The summed E-state index contributed by atoms with van der Waals surface area (Å²) in [7, 11) is -3.39. The van der Waals surface area contributed by atoms with E-state index in [0.29, 0.717) is 30.5 Å². The Morgan fingerprint density at radius 2 is 1.71 bits per heavy atom. The highest BCUT2D eigenvalue weighted by Gasteiger charge is 2.45. The number of amides is 3. The van der Waals surface area contributed by atoms with Crippen LogP contribution in [0.5, 0.6) is 0 Å². The number of benzene rings is 1. The van der Waals surface area contributed by atoms with Crippen molar-refractivity contribution in [1.82, 2.24) is 14.5 Å². The second-order valence-corrected chi connectivity index (χ2v) is 9.51. The molecular formula is C19H25N3O5S. The van der Waals surface area contributed by atoms with E-state index in [9.17, 15) is 22.8 Å². The first-order valence-corrected chi connectivity index (χ1v) is 11.2. The van der Waals surface area contributed by atoms with Crippen molar-refractivity contribution in [1.29, 1.82) is 0 Å². The molecule has 0 radical (unpaired) electrons. The average Bonchev–Trinajstić information content (AvgIpc) is 2.86. The average molecular weight is 407 g/mol. The number of sulfonamides is 1. The molecule has 0 spiro atoms. The number of rotatable bonds is 5. The summed E-state index contributed by atoms with van der Waals surface area (Å²) >= 11 is 0. The molecule has 2 unspecified atom stereocenters. The molecule has 2 atom stereocenters. The third kappa shape index (κ3) is 3.95. The smallest absolute Gasteiger partial charge is 0.262 e. The minimum Gasteiger partial charge on any atom is -0.339 e. The van der Waals surface area contributed by atoms with Crippen LogP contribution in [0.25, 0.3) is 0 Å². The third-order valence-corrected chi connectivity index (χ3v) is 5.86. The molecule has 1 saturated heterocycles. The Labute approximate surface area is 164 Å². The maximum absolute atomic E-state index is 13.3. The zero-order valence-corrected chi connectivity index (χ0v) is 17.0. The third-order valence-electron chi connectivity index (χ3n) is 5.10. The number of hydrogen-bond acceptors (Lipinski definition) is 5. The Morgan fingerprint density at radius 3 is 2.21 bits per heavy atom. The normalized spacial score (nSPS) is 21.2. The predicted molar refractivity (Wildman–Crippen MR) is 103 cm³/mol. The molecule has 1 aromatic carbocycles. The SMILES string of the molecule is CC(C)C(C(=O)N1CCCC(NS(C)(=O)=O)C1)N1C(=O)c2ccccc2C1=O. The van der Waals surface area contributed by atoms with Crippen molar-refractivity contribution in [2.75, 3.05) is 19.3 Å². The molecule has 0 saturated carbocycles. The van der Waals surface area contributed by atoms with Crippen LogP contribution in [-0.4, -0.2) is 67.4 Å². The van der Waals surface area contributed by atoms with Gasteiger partial charge < -0.3 is 4.90 Å². The van der Waals surface area contributed by atoms with Crippen LogP contribution in [0.1, 0.15) is 47.4 Å². The van der Waals surface area contributed by atoms with E-state index >= 15 is 0 Å². The summed E-state index contributed by atoms with van der Waals surface area (Å²) in [4.78, 5) is 41.6. The topological polar surface area (TPSA) is 104 Å². The van der Waals surface area contributed by atoms with Crippen LogP contribution in [0.4, 0.5) is 0 Å². The van der Waals surface area contributed by atoms with Crippen molar-refractivity contribution < 1.29 is 22.8 Å². The zero-order valence-electron chi connectivity index (χ0n) is 16.2. The van der Waals surface area contributed by atoms with E-state index in [-0.39, 0.29) is 24.4 Å². The monoisotopic (exact) mass is 407 g/mol. The molecule has 8 nitrogen and oxygen atoms in total. The van der Waals surface area contributed by atoms with E-state index in [2.05, 4.69) is 4.72 Å². The van der Waals surface area contributed by atoms with Crippen molar-refractivity contribution >= 4 is 27.7 Å². The molecule has 2 heterocycles. The Balaban J connectivity index is 1.84. The number of piperidine rings is 1. The summed E-state index contributed by atoms with van der Waals surface area (Å²) in [5, 5.41) is 0. The van der Waals surface area contributed by atoms with Gasteiger partial charge in [-0.15, -0.1) is 0 Å². The van der Waals surface area contributed by atoms with Crippen LogP contribution in [0.2, 0.25) is 0 Å². The fraction of sp³-hybridized carbons (Fsp3) is 0.526. The zero-order chi connectivity index (χ0) is 20.6. The van der Waals surface area contributed by atoms with Gasteiger partial charge >= 0.3 is 0 Å². The van der Waals surface area contributed by atoms with Crippen molar-refractivity contribution in [2.24, 2.45) is 5.92 Å². The summed E-state index contributed by atoms with van der Waals surface area (Å²) in [5.41, 5.74) is 0.613. The lowest BCUT2D eigenvalue weighted by atomic mass is 9.98. The highest BCUT2D eigenvalue weighted by atomic mass is 32.2. The van der Waals surface area contributed by atoms with Gasteiger partial charge in [0.1, 0.15) is 6.04 Å². The van der Waals surface area contributed by atoms with Crippen LogP contribution in [0.3, 0.4) is 0 Å². The van der Waals surface area contributed by atoms with E-state index < -0.39 is 27.9 Å². The molecule has 3 rings (SSSR count). The number of likely N-dealkylation sites (tertiary alicyclic amines) is 1. The number of nitrogens with one attached hydrogen (secondary N) is 1. The van der Waals surface area contributed by atoms with Crippen LogP contribution in [0, 0.1) is 5.92 Å². The van der Waals surface area contributed by atoms with E-state index in [4.69, 9.17) is 0 Å². The Hall–Kier alpha value is -2.26. The van der Waals surface area contributed by atoms with E-state index in [0.717, 1.165) is 11.2 Å². The summed E-state index contributed by atoms with van der Waals surface area (Å²) < 4.78 is 25.6. The van der Waals surface area contributed by atoms with Gasteiger partial charge in [0.2, 0.25) is 15.9 Å². The van der Waals surface area contributed by atoms with Crippen LogP contribution in [0.15, 0.2) is 24.3 Å². The van der Waals surface area contributed by atoms with Crippen molar-refractivity contribution in [3.05, 3.63) is 35.4 Å². The molecule has 1 N–H and O–H groups in total. The van der Waals surface area contributed by atoms with Crippen molar-refractivity contribution in [3.8, 4) is 0 Å². The molecule has 28 heavy (non-hydrogen) atoms. The minimum atomic E-state index is -3.39. The van der Waals surface area contributed by atoms with Crippen molar-refractivity contribution in [3.63, 3.8) is 0 Å². The number of nitrogens with zero attached hydrogens (tertiary/aromatic N) is 2. The Kier molecular flexibility index (Phi) is 5.58. The van der Waals surface area contributed by atoms with E-state index in [1.165, 1.54) is 0 Å². The molecule has 2 aliphatic rings. The van der Waals surface area contributed by atoms with Gasteiger partial charge in [-0.2, -0.15) is 0 Å². The number of carbonyl (C=O) groups excluding carboxylic acids is 3. The minimum absolute atomic E-state index is 0.221. The van der Waals surface area contributed by atoms with Crippen LogP contribution < -0.4 is 4.72 Å². The molecule has 1 aromatic rings. The first-order chi connectivity index (χ1) is 13.1. The molecule has 0 bridgehead atoms. The van der Waals surface area contributed by atoms with Gasteiger partial charge in [-0.05, 0) is 30.9 Å². The quantitative estimate of drug-likeness (QED) is 0.729. The van der Waals surface area contributed by atoms with Gasteiger partial charge in [0.25, 0.3) is 11.8 Å². The summed E-state index contributed by atoms with van der Waals surface area (Å²) in [5.74, 6) is -1.53. The van der Waals surface area contributed by atoms with Crippen LogP contribution >= 0.6 is 0 Å². The van der Waals surface area contributed by atoms with Crippen molar-refractivity contribution in [2.45, 2.75) is 38.8 Å². The summed E-state index contributed by atoms with van der Waals surface area (Å²) in [6, 6.07) is 5.25. The molecule has 152 valence electrons. The summed E-state index contributed by atoms with van der Waals surface area (Å²) in [6.07, 6.45) is 2.37.